The Hall–Kier alpha value is -1.85. The highest BCUT2D eigenvalue weighted by Gasteiger charge is 2.44. The molecule has 150 valence electrons. The number of nitrogens with zero attached hydrogens (tertiary/aromatic N) is 1. The largest absolute Gasteiger partial charge is 0.294 e. The molecule has 1 aliphatic carbocycles. The number of carbonyl (C=O) groups is 2. The van der Waals surface area contributed by atoms with Crippen molar-refractivity contribution in [3.8, 4) is 0 Å². The number of halogens is 1. The lowest BCUT2D eigenvalue weighted by atomic mass is 9.69. The number of anilines is 1. The Morgan fingerprint density at radius 1 is 1.03 bits per heavy atom. The number of thioether (sulfide) groups is 1. The molecular weight excluding hydrogens is 446 g/mol. The second kappa shape index (κ2) is 7.77. The molecule has 0 aromatic heterocycles. The van der Waals surface area contributed by atoms with Crippen molar-refractivity contribution in [2.75, 3.05) is 11.2 Å². The lowest BCUT2D eigenvalue weighted by Gasteiger charge is -2.43. The molecule has 0 N–H and O–H groups in total. The van der Waals surface area contributed by atoms with Gasteiger partial charge in [0.1, 0.15) is 0 Å². The molecule has 2 aromatic rings. The lowest BCUT2D eigenvalue weighted by Crippen LogP contribution is -2.43. The van der Waals surface area contributed by atoms with Crippen LogP contribution in [0.1, 0.15) is 44.6 Å². The molecule has 1 unspecified atom stereocenters. The number of rotatable bonds is 3. The molecule has 5 heteroatoms. The van der Waals surface area contributed by atoms with Gasteiger partial charge in [-0.3, -0.25) is 14.5 Å². The fraction of sp³-hybridized carbons (Fsp3) is 0.333. The van der Waals surface area contributed by atoms with Crippen molar-refractivity contribution in [1.82, 2.24) is 0 Å². The van der Waals surface area contributed by atoms with Crippen LogP contribution in [0.15, 0.2) is 69.2 Å². The summed E-state index contributed by atoms with van der Waals surface area (Å²) in [6, 6.07) is 16.0. The van der Waals surface area contributed by atoms with E-state index in [0.717, 1.165) is 27.0 Å². The quantitative estimate of drug-likeness (QED) is 0.492. The third-order valence-electron chi connectivity index (χ3n) is 5.75. The summed E-state index contributed by atoms with van der Waals surface area (Å²) in [6.45, 7) is 4.21. The van der Waals surface area contributed by atoms with E-state index >= 15 is 0 Å². The van der Waals surface area contributed by atoms with E-state index < -0.39 is 0 Å². The summed E-state index contributed by atoms with van der Waals surface area (Å²) >= 11 is 5.28. The number of benzene rings is 2. The molecule has 0 radical (unpaired) electrons. The smallest absolute Gasteiger partial charge is 0.232 e. The Kier molecular flexibility index (Phi) is 5.47. The Balaban J connectivity index is 1.88. The number of amides is 1. The van der Waals surface area contributed by atoms with Crippen molar-refractivity contribution in [2.45, 2.75) is 43.9 Å². The molecule has 0 saturated heterocycles. The molecule has 0 bridgehead atoms. The van der Waals surface area contributed by atoms with Gasteiger partial charge in [0.15, 0.2) is 5.78 Å². The van der Waals surface area contributed by atoms with Crippen molar-refractivity contribution in [1.29, 1.82) is 0 Å². The SMILES string of the molecule is CSc1ccc(C2CC(=O)N(c3ccccc3Br)C3=C2C(=O)CC(C)(C)C3)cc1. The van der Waals surface area contributed by atoms with Crippen molar-refractivity contribution >= 4 is 45.1 Å². The normalized spacial score (nSPS) is 21.4. The number of hydrogen-bond acceptors (Lipinski definition) is 3. The summed E-state index contributed by atoms with van der Waals surface area (Å²) in [7, 11) is 0. The van der Waals surface area contributed by atoms with Crippen molar-refractivity contribution in [2.24, 2.45) is 5.41 Å². The van der Waals surface area contributed by atoms with Gasteiger partial charge in [0.2, 0.25) is 5.91 Å². The monoisotopic (exact) mass is 469 g/mol. The first-order valence-electron chi connectivity index (χ1n) is 9.78. The van der Waals surface area contributed by atoms with Crippen LogP contribution in [0.25, 0.3) is 0 Å². The van der Waals surface area contributed by atoms with E-state index in [9.17, 15) is 9.59 Å². The highest BCUT2D eigenvalue weighted by atomic mass is 79.9. The van der Waals surface area contributed by atoms with Crippen LogP contribution >= 0.6 is 27.7 Å². The van der Waals surface area contributed by atoms with Gasteiger partial charge in [-0.1, -0.05) is 38.1 Å². The molecule has 1 heterocycles. The molecule has 0 fully saturated rings. The van der Waals surface area contributed by atoms with Crippen LogP contribution in [0.5, 0.6) is 0 Å². The fourth-order valence-electron chi connectivity index (χ4n) is 4.45. The summed E-state index contributed by atoms with van der Waals surface area (Å²) in [4.78, 5) is 29.6. The van der Waals surface area contributed by atoms with Gasteiger partial charge in [0.25, 0.3) is 0 Å². The summed E-state index contributed by atoms with van der Waals surface area (Å²) in [6.07, 6.45) is 3.58. The van der Waals surface area contributed by atoms with Gasteiger partial charge in [-0.05, 0) is 63.9 Å². The van der Waals surface area contributed by atoms with Gasteiger partial charge in [-0.25, -0.2) is 0 Å². The number of carbonyl (C=O) groups excluding carboxylic acids is 2. The highest BCUT2D eigenvalue weighted by Crippen LogP contribution is 2.49. The predicted molar refractivity (Wildman–Crippen MR) is 122 cm³/mol. The van der Waals surface area contributed by atoms with E-state index in [1.807, 2.05) is 30.5 Å². The third-order valence-corrected chi connectivity index (χ3v) is 7.17. The molecule has 0 spiro atoms. The number of Topliss-reactive ketones (excluding diaryl/α,β-unsaturated/α-hetero) is 1. The Bertz CT molecular complexity index is 1010. The second-order valence-corrected chi connectivity index (χ2v) is 10.2. The molecule has 1 aliphatic heterocycles. The van der Waals surface area contributed by atoms with Gasteiger partial charge in [0.05, 0.1) is 5.69 Å². The third kappa shape index (κ3) is 3.82. The maximum Gasteiger partial charge on any atom is 0.232 e. The van der Waals surface area contributed by atoms with Gasteiger partial charge >= 0.3 is 0 Å². The van der Waals surface area contributed by atoms with E-state index in [2.05, 4.69) is 54.0 Å². The number of allylic oxidation sites excluding steroid dienone is 2. The molecule has 0 saturated carbocycles. The van der Waals surface area contributed by atoms with Crippen molar-refractivity contribution in [3.63, 3.8) is 0 Å². The van der Waals surface area contributed by atoms with Crippen molar-refractivity contribution in [3.05, 3.63) is 69.8 Å². The van der Waals surface area contributed by atoms with Gasteiger partial charge in [-0.15, -0.1) is 11.8 Å². The second-order valence-electron chi connectivity index (χ2n) is 8.51. The Labute approximate surface area is 184 Å². The Morgan fingerprint density at radius 3 is 2.38 bits per heavy atom. The summed E-state index contributed by atoms with van der Waals surface area (Å²) in [5.41, 5.74) is 3.38. The Morgan fingerprint density at radius 2 is 1.72 bits per heavy atom. The van der Waals surface area contributed by atoms with Crippen LogP contribution in [0.4, 0.5) is 5.69 Å². The maximum atomic E-state index is 13.4. The van der Waals surface area contributed by atoms with Gasteiger partial charge in [0, 0.05) is 39.4 Å². The minimum absolute atomic E-state index is 0.0418. The number of hydrogen-bond donors (Lipinski definition) is 0. The average molecular weight is 470 g/mol. The van der Waals surface area contributed by atoms with Crippen LogP contribution in [0.2, 0.25) is 0 Å². The van der Waals surface area contributed by atoms with E-state index in [4.69, 9.17) is 0 Å². The summed E-state index contributed by atoms with van der Waals surface area (Å²) in [5, 5.41) is 0. The zero-order valence-electron chi connectivity index (χ0n) is 16.9. The van der Waals surface area contributed by atoms with Gasteiger partial charge in [-0.2, -0.15) is 0 Å². The van der Waals surface area contributed by atoms with Crippen LogP contribution in [0.3, 0.4) is 0 Å². The zero-order valence-corrected chi connectivity index (χ0v) is 19.3. The molecular formula is C24H24BrNO2S. The van der Waals surface area contributed by atoms with E-state index in [-0.39, 0.29) is 23.0 Å². The first kappa shape index (κ1) is 20.4. The van der Waals surface area contributed by atoms with Crippen LogP contribution < -0.4 is 4.90 Å². The molecule has 2 aromatic carbocycles. The molecule has 4 rings (SSSR count). The molecule has 29 heavy (non-hydrogen) atoms. The zero-order chi connectivity index (χ0) is 20.8. The fourth-order valence-corrected chi connectivity index (χ4v) is 5.32. The van der Waals surface area contributed by atoms with E-state index in [0.29, 0.717) is 19.3 Å². The maximum absolute atomic E-state index is 13.4. The number of para-hydroxylation sites is 1. The minimum atomic E-state index is -0.171. The topological polar surface area (TPSA) is 37.4 Å². The predicted octanol–water partition coefficient (Wildman–Crippen LogP) is 6.33. The average Bonchev–Trinajstić information content (AvgIpc) is 2.67. The van der Waals surface area contributed by atoms with E-state index in [1.165, 1.54) is 4.90 Å². The van der Waals surface area contributed by atoms with E-state index in [1.54, 1.807) is 16.7 Å². The molecule has 1 amide bonds. The number of ketones is 1. The molecule has 3 nitrogen and oxygen atoms in total. The first-order chi connectivity index (χ1) is 13.8. The standard InChI is InChI=1S/C24H24BrNO2S/c1-24(2)13-20-23(21(27)14-24)17(15-8-10-16(29-3)11-9-15)12-22(28)26(20)19-7-5-4-6-18(19)25/h4-11,17H,12-14H2,1-3H3. The van der Waals surface area contributed by atoms with Crippen molar-refractivity contribution < 1.29 is 9.59 Å². The van der Waals surface area contributed by atoms with Gasteiger partial charge < -0.3 is 0 Å². The highest BCUT2D eigenvalue weighted by molar-refractivity contribution is 9.10. The molecule has 1 atom stereocenters. The minimum Gasteiger partial charge on any atom is -0.294 e. The summed E-state index contributed by atoms with van der Waals surface area (Å²) < 4.78 is 0.860. The van der Waals surface area contributed by atoms with Crippen LogP contribution in [0, 0.1) is 5.41 Å². The van der Waals surface area contributed by atoms with Crippen LogP contribution in [-0.2, 0) is 9.59 Å². The lowest BCUT2D eigenvalue weighted by molar-refractivity contribution is -0.121. The molecule has 2 aliphatic rings. The first-order valence-corrected chi connectivity index (χ1v) is 11.8. The summed E-state index contributed by atoms with van der Waals surface area (Å²) in [5.74, 6) is 0.0376. The van der Waals surface area contributed by atoms with Crippen LogP contribution in [-0.4, -0.2) is 17.9 Å².